The Morgan fingerprint density at radius 1 is 1.41 bits per heavy atom. The predicted octanol–water partition coefficient (Wildman–Crippen LogP) is 1.82. The van der Waals surface area contributed by atoms with Crippen molar-refractivity contribution >= 4 is 21.4 Å². The molecule has 7 heteroatoms. The van der Waals surface area contributed by atoms with Gasteiger partial charge in [-0.25, -0.2) is 13.1 Å². The van der Waals surface area contributed by atoms with Crippen molar-refractivity contribution in [1.29, 1.82) is 0 Å². The first-order valence-corrected chi connectivity index (χ1v) is 7.37. The third-order valence-electron chi connectivity index (χ3n) is 2.28. The zero-order valence-corrected chi connectivity index (χ0v) is 11.1. The summed E-state index contributed by atoms with van der Waals surface area (Å²) in [6, 6.07) is 5.08. The first kappa shape index (κ1) is 12.3. The molecule has 0 aromatic carbocycles. The summed E-state index contributed by atoms with van der Waals surface area (Å²) in [6.07, 6.45) is 1.41. The first-order valence-electron chi connectivity index (χ1n) is 5.07. The minimum atomic E-state index is -3.52. The molecule has 2 N–H and O–H groups in total. The molecular weight excluding hydrogens is 258 g/mol. The summed E-state index contributed by atoms with van der Waals surface area (Å²) >= 11 is 1.58. The van der Waals surface area contributed by atoms with Crippen LogP contribution >= 0.6 is 11.3 Å². The summed E-state index contributed by atoms with van der Waals surface area (Å²) < 4.78 is 26.4. The van der Waals surface area contributed by atoms with Crippen LogP contribution < -0.4 is 4.72 Å². The van der Waals surface area contributed by atoms with Crippen molar-refractivity contribution in [2.45, 2.75) is 24.9 Å². The Bertz CT molecular complexity index is 587. The van der Waals surface area contributed by atoms with E-state index in [1.165, 1.54) is 12.3 Å². The molecule has 0 spiro atoms. The molecule has 0 radical (unpaired) electrons. The number of H-pyrrole nitrogens is 1. The molecule has 2 aromatic rings. The van der Waals surface area contributed by atoms with Crippen LogP contribution in [0.1, 0.15) is 22.7 Å². The van der Waals surface area contributed by atoms with Gasteiger partial charge in [-0.3, -0.25) is 5.10 Å². The number of rotatable bonds is 4. The predicted molar refractivity (Wildman–Crippen MR) is 66.4 cm³/mol. The van der Waals surface area contributed by atoms with Gasteiger partial charge in [0, 0.05) is 9.75 Å². The number of aryl methyl sites for hydroxylation is 1. The van der Waals surface area contributed by atoms with Crippen LogP contribution in [0.4, 0.5) is 0 Å². The SMILES string of the molecule is Cc1ccc(C(C)NS(=O)(=O)c2ccn[nH]2)s1. The topological polar surface area (TPSA) is 74.8 Å². The van der Waals surface area contributed by atoms with E-state index in [4.69, 9.17) is 0 Å². The van der Waals surface area contributed by atoms with Crippen LogP contribution in [0.3, 0.4) is 0 Å². The molecule has 0 aliphatic heterocycles. The van der Waals surface area contributed by atoms with E-state index in [1.807, 2.05) is 26.0 Å². The van der Waals surface area contributed by atoms with Crippen molar-refractivity contribution in [3.8, 4) is 0 Å². The van der Waals surface area contributed by atoms with E-state index in [0.29, 0.717) is 0 Å². The van der Waals surface area contributed by atoms with Gasteiger partial charge < -0.3 is 0 Å². The summed E-state index contributed by atoms with van der Waals surface area (Å²) in [5.74, 6) is 0. The number of aromatic amines is 1. The Morgan fingerprint density at radius 3 is 2.71 bits per heavy atom. The van der Waals surface area contributed by atoms with E-state index in [0.717, 1.165) is 9.75 Å². The molecule has 0 saturated heterocycles. The van der Waals surface area contributed by atoms with E-state index in [2.05, 4.69) is 14.9 Å². The summed E-state index contributed by atoms with van der Waals surface area (Å²) in [5, 5.41) is 6.15. The van der Waals surface area contributed by atoms with Gasteiger partial charge >= 0.3 is 0 Å². The molecule has 0 amide bonds. The Kier molecular flexibility index (Phi) is 3.32. The van der Waals surface area contributed by atoms with E-state index < -0.39 is 10.0 Å². The van der Waals surface area contributed by atoms with E-state index >= 15 is 0 Å². The van der Waals surface area contributed by atoms with Crippen molar-refractivity contribution < 1.29 is 8.42 Å². The fourth-order valence-corrected chi connectivity index (χ4v) is 3.52. The standard InChI is InChI=1S/C10H13N3O2S2/c1-7-3-4-9(16-7)8(2)13-17(14,15)10-5-6-11-12-10/h3-6,8,13H,1-2H3,(H,11,12). The van der Waals surface area contributed by atoms with Gasteiger partial charge in [0.15, 0.2) is 5.03 Å². The first-order chi connectivity index (χ1) is 7.99. The van der Waals surface area contributed by atoms with Gasteiger partial charge in [0.2, 0.25) is 0 Å². The van der Waals surface area contributed by atoms with Crippen molar-refractivity contribution in [2.75, 3.05) is 0 Å². The Labute approximate surface area is 104 Å². The molecule has 0 bridgehead atoms. The lowest BCUT2D eigenvalue weighted by molar-refractivity contribution is 0.564. The molecule has 2 rings (SSSR count). The number of nitrogens with zero attached hydrogens (tertiary/aromatic N) is 1. The molecule has 2 heterocycles. The zero-order chi connectivity index (χ0) is 12.5. The van der Waals surface area contributed by atoms with Crippen LogP contribution in [0.15, 0.2) is 29.4 Å². The van der Waals surface area contributed by atoms with Crippen LogP contribution in [-0.2, 0) is 10.0 Å². The van der Waals surface area contributed by atoms with Crippen LogP contribution in [0.5, 0.6) is 0 Å². The molecule has 0 aliphatic rings. The maximum Gasteiger partial charge on any atom is 0.258 e. The lowest BCUT2D eigenvalue weighted by Crippen LogP contribution is -2.26. The van der Waals surface area contributed by atoms with E-state index in [9.17, 15) is 8.42 Å². The maximum atomic E-state index is 11.9. The fraction of sp³-hybridized carbons (Fsp3) is 0.300. The monoisotopic (exact) mass is 271 g/mol. The number of thiophene rings is 1. The van der Waals surface area contributed by atoms with Crippen molar-refractivity contribution in [1.82, 2.24) is 14.9 Å². The molecule has 1 atom stereocenters. The zero-order valence-electron chi connectivity index (χ0n) is 9.47. The summed E-state index contributed by atoms with van der Waals surface area (Å²) in [5.41, 5.74) is 0. The van der Waals surface area contributed by atoms with Crippen LogP contribution in [0.25, 0.3) is 0 Å². The number of hydrogen-bond donors (Lipinski definition) is 2. The molecule has 2 aromatic heterocycles. The molecule has 0 fully saturated rings. The number of aromatic nitrogens is 2. The Hall–Kier alpha value is -1.18. The minimum absolute atomic E-state index is 0.0811. The summed E-state index contributed by atoms with van der Waals surface area (Å²) in [6.45, 7) is 3.81. The van der Waals surface area contributed by atoms with Crippen LogP contribution in [-0.4, -0.2) is 18.6 Å². The van der Waals surface area contributed by atoms with Crippen LogP contribution in [0, 0.1) is 6.92 Å². The summed E-state index contributed by atoms with van der Waals surface area (Å²) in [7, 11) is -3.52. The number of nitrogens with one attached hydrogen (secondary N) is 2. The van der Waals surface area contributed by atoms with Crippen molar-refractivity contribution in [3.63, 3.8) is 0 Å². The molecule has 17 heavy (non-hydrogen) atoms. The second kappa shape index (κ2) is 4.59. The average molecular weight is 271 g/mol. The fourth-order valence-electron chi connectivity index (χ4n) is 1.43. The average Bonchev–Trinajstić information content (AvgIpc) is 2.86. The smallest absolute Gasteiger partial charge is 0.258 e. The van der Waals surface area contributed by atoms with Crippen molar-refractivity contribution in [3.05, 3.63) is 34.2 Å². The largest absolute Gasteiger partial charge is 0.266 e. The van der Waals surface area contributed by atoms with E-state index in [1.54, 1.807) is 11.3 Å². The van der Waals surface area contributed by atoms with Gasteiger partial charge in [-0.2, -0.15) is 5.10 Å². The third-order valence-corrected chi connectivity index (χ3v) is 4.94. The highest BCUT2D eigenvalue weighted by atomic mass is 32.2. The molecule has 0 saturated carbocycles. The summed E-state index contributed by atoms with van der Waals surface area (Å²) in [4.78, 5) is 2.15. The van der Waals surface area contributed by atoms with Crippen LogP contribution in [0.2, 0.25) is 0 Å². The Balaban J connectivity index is 2.17. The van der Waals surface area contributed by atoms with Gasteiger partial charge in [0.25, 0.3) is 10.0 Å². The van der Waals surface area contributed by atoms with Gasteiger partial charge in [0.1, 0.15) is 0 Å². The van der Waals surface area contributed by atoms with Gasteiger partial charge in [-0.05, 0) is 32.0 Å². The minimum Gasteiger partial charge on any atom is -0.266 e. The number of hydrogen-bond acceptors (Lipinski definition) is 4. The number of sulfonamides is 1. The third kappa shape index (κ3) is 2.74. The normalized spacial score (nSPS) is 13.8. The lowest BCUT2D eigenvalue weighted by Gasteiger charge is -2.11. The second-order valence-corrected chi connectivity index (χ2v) is 6.71. The Morgan fingerprint density at radius 2 is 2.18 bits per heavy atom. The maximum absolute atomic E-state index is 11.9. The van der Waals surface area contributed by atoms with Crippen molar-refractivity contribution in [2.24, 2.45) is 0 Å². The van der Waals surface area contributed by atoms with Gasteiger partial charge in [-0.1, -0.05) is 0 Å². The molecular formula is C10H13N3O2S2. The second-order valence-electron chi connectivity index (χ2n) is 3.71. The molecule has 92 valence electrons. The highest BCUT2D eigenvalue weighted by Crippen LogP contribution is 2.23. The van der Waals surface area contributed by atoms with Gasteiger partial charge in [-0.15, -0.1) is 11.3 Å². The van der Waals surface area contributed by atoms with Gasteiger partial charge in [0.05, 0.1) is 12.2 Å². The molecule has 0 aliphatic carbocycles. The molecule has 1 unspecified atom stereocenters. The quantitative estimate of drug-likeness (QED) is 0.890. The van der Waals surface area contributed by atoms with E-state index in [-0.39, 0.29) is 11.1 Å². The molecule has 5 nitrogen and oxygen atoms in total. The highest BCUT2D eigenvalue weighted by Gasteiger charge is 2.20. The lowest BCUT2D eigenvalue weighted by atomic mass is 10.3. The highest BCUT2D eigenvalue weighted by molar-refractivity contribution is 7.89.